The minimum atomic E-state index is 0.667. The molecule has 0 unspecified atom stereocenters. The molecule has 0 aliphatic heterocycles. The predicted octanol–water partition coefficient (Wildman–Crippen LogP) is 3.00. The molecule has 2 rings (SSSR count). The van der Waals surface area contributed by atoms with Crippen molar-refractivity contribution in [1.82, 2.24) is 4.98 Å². The Kier molecular flexibility index (Phi) is 2.47. The molecule has 0 N–H and O–H groups in total. The van der Waals surface area contributed by atoms with E-state index in [1.54, 1.807) is 6.20 Å². The maximum atomic E-state index is 9.04. The second kappa shape index (κ2) is 3.77. The average molecular weight is 247 g/mol. The Labute approximate surface area is 90.3 Å². The summed E-state index contributed by atoms with van der Waals surface area (Å²) >= 11 is 3.36. The van der Waals surface area contributed by atoms with Crippen LogP contribution < -0.4 is 0 Å². The van der Waals surface area contributed by atoms with Gasteiger partial charge in [0.2, 0.25) is 0 Å². The first-order valence-electron chi connectivity index (χ1n) is 4.19. The van der Waals surface area contributed by atoms with Crippen LogP contribution in [0.15, 0.2) is 30.5 Å². The first kappa shape index (κ1) is 9.17. The fourth-order valence-corrected chi connectivity index (χ4v) is 1.89. The smallest absolute Gasteiger partial charge is 0.102 e. The van der Waals surface area contributed by atoms with Crippen LogP contribution in [0.3, 0.4) is 0 Å². The lowest BCUT2D eigenvalue weighted by Crippen LogP contribution is -1.89. The van der Waals surface area contributed by atoms with Gasteiger partial charge in [0.05, 0.1) is 11.1 Å². The van der Waals surface area contributed by atoms with Crippen LogP contribution in [0.1, 0.15) is 11.1 Å². The molecule has 2 aromatic rings. The number of hydrogen-bond donors (Lipinski definition) is 0. The van der Waals surface area contributed by atoms with E-state index in [0.29, 0.717) is 10.9 Å². The van der Waals surface area contributed by atoms with Crippen molar-refractivity contribution in [2.45, 2.75) is 5.33 Å². The van der Waals surface area contributed by atoms with E-state index in [9.17, 15) is 0 Å². The first-order chi connectivity index (χ1) is 6.86. The second-order valence-electron chi connectivity index (χ2n) is 2.92. The van der Waals surface area contributed by atoms with Crippen molar-refractivity contribution in [1.29, 1.82) is 5.26 Å². The maximum Gasteiger partial charge on any atom is 0.102 e. The van der Waals surface area contributed by atoms with E-state index in [2.05, 4.69) is 27.0 Å². The third-order valence-electron chi connectivity index (χ3n) is 2.12. The van der Waals surface area contributed by atoms with Gasteiger partial charge in [-0.05, 0) is 11.6 Å². The fourth-order valence-electron chi connectivity index (χ4n) is 1.42. The zero-order valence-corrected chi connectivity index (χ0v) is 8.95. The second-order valence-corrected chi connectivity index (χ2v) is 3.48. The number of benzene rings is 1. The Hall–Kier alpha value is -1.40. The van der Waals surface area contributed by atoms with E-state index in [4.69, 9.17) is 5.26 Å². The lowest BCUT2D eigenvalue weighted by atomic mass is 10.1. The SMILES string of the molecule is N#Cc1c(CBr)ccc2cccnc12. The molecule has 1 heterocycles. The van der Waals surface area contributed by atoms with Gasteiger partial charge in [0.1, 0.15) is 6.07 Å². The molecule has 0 bridgehead atoms. The molecule has 0 fully saturated rings. The molecule has 14 heavy (non-hydrogen) atoms. The highest BCUT2D eigenvalue weighted by atomic mass is 79.9. The van der Waals surface area contributed by atoms with Crippen LogP contribution in [-0.2, 0) is 5.33 Å². The Morgan fingerprint density at radius 3 is 2.93 bits per heavy atom. The van der Waals surface area contributed by atoms with Gasteiger partial charge in [-0.25, -0.2) is 0 Å². The molecular weight excluding hydrogens is 240 g/mol. The van der Waals surface area contributed by atoms with Crippen molar-refractivity contribution in [2.75, 3.05) is 0 Å². The van der Waals surface area contributed by atoms with Crippen LogP contribution in [0.2, 0.25) is 0 Å². The van der Waals surface area contributed by atoms with Crippen molar-refractivity contribution in [2.24, 2.45) is 0 Å². The van der Waals surface area contributed by atoms with Crippen molar-refractivity contribution in [3.8, 4) is 6.07 Å². The summed E-state index contributed by atoms with van der Waals surface area (Å²) in [7, 11) is 0. The summed E-state index contributed by atoms with van der Waals surface area (Å²) in [6.45, 7) is 0. The number of halogens is 1. The van der Waals surface area contributed by atoms with Crippen molar-refractivity contribution >= 4 is 26.8 Å². The highest BCUT2D eigenvalue weighted by Crippen LogP contribution is 2.21. The molecule has 1 aromatic heterocycles. The van der Waals surface area contributed by atoms with Crippen molar-refractivity contribution < 1.29 is 0 Å². The standard InChI is InChI=1S/C11H7BrN2/c12-6-9-4-3-8-2-1-5-14-11(8)10(9)7-13/h1-5H,6H2. The van der Waals surface area contributed by atoms with Crippen LogP contribution in [0.25, 0.3) is 10.9 Å². The summed E-state index contributed by atoms with van der Waals surface area (Å²) in [5.74, 6) is 0. The quantitative estimate of drug-likeness (QED) is 0.726. The minimum Gasteiger partial charge on any atom is -0.255 e. The molecule has 0 radical (unpaired) electrons. The van der Waals surface area contributed by atoms with Crippen LogP contribution in [0, 0.1) is 11.3 Å². The molecule has 0 amide bonds. The van der Waals surface area contributed by atoms with E-state index in [0.717, 1.165) is 16.5 Å². The molecule has 3 heteroatoms. The predicted molar refractivity (Wildman–Crippen MR) is 59.1 cm³/mol. The number of nitriles is 1. The zero-order chi connectivity index (χ0) is 9.97. The van der Waals surface area contributed by atoms with Gasteiger partial charge in [0, 0.05) is 16.9 Å². The van der Waals surface area contributed by atoms with E-state index in [1.807, 2.05) is 24.3 Å². The summed E-state index contributed by atoms with van der Waals surface area (Å²) in [5.41, 5.74) is 2.44. The van der Waals surface area contributed by atoms with Gasteiger partial charge in [0.15, 0.2) is 0 Å². The molecule has 68 valence electrons. The summed E-state index contributed by atoms with van der Waals surface area (Å²) in [5, 5.41) is 10.7. The summed E-state index contributed by atoms with van der Waals surface area (Å²) in [6.07, 6.45) is 1.71. The van der Waals surface area contributed by atoms with Crippen LogP contribution >= 0.6 is 15.9 Å². The highest BCUT2D eigenvalue weighted by Gasteiger charge is 2.06. The number of alkyl halides is 1. The van der Waals surface area contributed by atoms with Gasteiger partial charge in [-0.15, -0.1) is 0 Å². The van der Waals surface area contributed by atoms with E-state index >= 15 is 0 Å². The average Bonchev–Trinajstić information content (AvgIpc) is 2.27. The first-order valence-corrected chi connectivity index (χ1v) is 5.31. The fraction of sp³-hybridized carbons (Fsp3) is 0.0909. The van der Waals surface area contributed by atoms with Gasteiger partial charge in [-0.3, -0.25) is 4.98 Å². The minimum absolute atomic E-state index is 0.667. The number of hydrogen-bond acceptors (Lipinski definition) is 2. The molecule has 1 aromatic carbocycles. The molecule has 0 aliphatic rings. The Bertz CT molecular complexity index is 514. The molecule has 2 nitrogen and oxygen atoms in total. The van der Waals surface area contributed by atoms with Crippen molar-refractivity contribution in [3.63, 3.8) is 0 Å². The van der Waals surface area contributed by atoms with Gasteiger partial charge >= 0.3 is 0 Å². The Balaban J connectivity index is 2.85. The monoisotopic (exact) mass is 246 g/mol. The maximum absolute atomic E-state index is 9.04. The number of fused-ring (bicyclic) bond motifs is 1. The third kappa shape index (κ3) is 1.38. The number of nitrogens with zero attached hydrogens (tertiary/aromatic N) is 2. The third-order valence-corrected chi connectivity index (χ3v) is 2.72. The van der Waals surface area contributed by atoms with Gasteiger partial charge < -0.3 is 0 Å². The summed E-state index contributed by atoms with van der Waals surface area (Å²) < 4.78 is 0. The Morgan fingerprint density at radius 2 is 2.21 bits per heavy atom. The molecule has 0 saturated heterocycles. The van der Waals surface area contributed by atoms with E-state index in [1.165, 1.54) is 0 Å². The zero-order valence-electron chi connectivity index (χ0n) is 7.37. The number of aromatic nitrogens is 1. The molecule has 0 atom stereocenters. The topological polar surface area (TPSA) is 36.7 Å². The normalized spacial score (nSPS) is 10.0. The van der Waals surface area contributed by atoms with E-state index in [-0.39, 0.29) is 0 Å². The number of pyridine rings is 1. The molecule has 0 aliphatic carbocycles. The lowest BCUT2D eigenvalue weighted by Gasteiger charge is -2.02. The summed E-state index contributed by atoms with van der Waals surface area (Å²) in [6, 6.07) is 9.97. The van der Waals surface area contributed by atoms with Gasteiger partial charge in [0.25, 0.3) is 0 Å². The van der Waals surface area contributed by atoms with E-state index < -0.39 is 0 Å². The largest absolute Gasteiger partial charge is 0.255 e. The molecule has 0 spiro atoms. The number of rotatable bonds is 1. The van der Waals surface area contributed by atoms with Crippen LogP contribution in [0.5, 0.6) is 0 Å². The molecular formula is C11H7BrN2. The van der Waals surface area contributed by atoms with Gasteiger partial charge in [-0.1, -0.05) is 34.1 Å². The highest BCUT2D eigenvalue weighted by molar-refractivity contribution is 9.08. The van der Waals surface area contributed by atoms with Gasteiger partial charge in [-0.2, -0.15) is 5.26 Å². The van der Waals surface area contributed by atoms with Crippen molar-refractivity contribution in [3.05, 3.63) is 41.6 Å². The van der Waals surface area contributed by atoms with Crippen LogP contribution in [0.4, 0.5) is 0 Å². The lowest BCUT2D eigenvalue weighted by molar-refractivity contribution is 1.34. The Morgan fingerprint density at radius 1 is 1.36 bits per heavy atom. The summed E-state index contributed by atoms with van der Waals surface area (Å²) in [4.78, 5) is 4.22. The van der Waals surface area contributed by atoms with Crippen LogP contribution in [-0.4, -0.2) is 4.98 Å². The molecule has 0 saturated carbocycles.